The van der Waals surface area contributed by atoms with Crippen molar-refractivity contribution in [1.82, 2.24) is 20.6 Å². The Morgan fingerprint density at radius 1 is 1.55 bits per heavy atom. The van der Waals surface area contributed by atoms with Gasteiger partial charge in [-0.1, -0.05) is 0 Å². The van der Waals surface area contributed by atoms with Crippen LogP contribution in [0.15, 0.2) is 4.99 Å². The molecule has 0 amide bonds. The summed E-state index contributed by atoms with van der Waals surface area (Å²) in [7, 11) is 0. The minimum Gasteiger partial charge on any atom is -0.315 e. The maximum Gasteiger partial charge on any atom is 0.221 e. The van der Waals surface area contributed by atoms with Crippen LogP contribution < -0.4 is 10.8 Å². The molecule has 0 spiro atoms. The van der Waals surface area contributed by atoms with E-state index in [9.17, 15) is 0 Å². The number of hydrogen-bond acceptors (Lipinski definition) is 6. The maximum atomic E-state index is 8.63. The Labute approximate surface area is 64.5 Å². The molecule has 1 unspecified atom stereocenters. The Bertz CT molecular complexity index is 182. The molecule has 0 aromatic rings. The van der Waals surface area contributed by atoms with Crippen LogP contribution in [0, 0.1) is 0 Å². The minimum atomic E-state index is 0.549. The first-order valence-electron chi connectivity index (χ1n) is 3.53. The largest absolute Gasteiger partial charge is 0.315 e. The highest BCUT2D eigenvalue weighted by atomic mass is 16.5. The van der Waals surface area contributed by atoms with Crippen molar-refractivity contribution in [3.8, 4) is 0 Å². The van der Waals surface area contributed by atoms with Crippen LogP contribution in [0.5, 0.6) is 0 Å². The van der Waals surface area contributed by atoms with Crippen LogP contribution in [0.2, 0.25) is 0 Å². The summed E-state index contributed by atoms with van der Waals surface area (Å²) in [5, 5.41) is 11.8. The molecule has 2 aliphatic heterocycles. The van der Waals surface area contributed by atoms with E-state index in [0.29, 0.717) is 12.6 Å². The van der Waals surface area contributed by atoms with Gasteiger partial charge < -0.3 is 4.90 Å². The van der Waals surface area contributed by atoms with Gasteiger partial charge in [-0.3, -0.25) is 15.4 Å². The summed E-state index contributed by atoms with van der Waals surface area (Å²) in [6.45, 7) is 3.09. The van der Waals surface area contributed by atoms with Crippen LogP contribution in [0.1, 0.15) is 0 Å². The van der Waals surface area contributed by atoms with Crippen LogP contribution in [0.4, 0.5) is 0 Å². The molecule has 2 heterocycles. The van der Waals surface area contributed by atoms with E-state index in [1.807, 2.05) is 4.90 Å². The SMILES string of the molecule is ONC1=NCN2CNCN1C2. The van der Waals surface area contributed by atoms with Gasteiger partial charge in [-0.05, 0) is 0 Å². The molecule has 0 aromatic carbocycles. The van der Waals surface area contributed by atoms with Gasteiger partial charge >= 0.3 is 0 Å². The van der Waals surface area contributed by atoms with Gasteiger partial charge in [0.15, 0.2) is 0 Å². The summed E-state index contributed by atoms with van der Waals surface area (Å²) in [5.74, 6) is 0.549. The average Bonchev–Trinajstić information content (AvgIpc) is 2.06. The Balaban J connectivity index is 2.11. The molecular formula is C5H11N5O. The van der Waals surface area contributed by atoms with Gasteiger partial charge in [-0.15, -0.1) is 0 Å². The molecule has 1 fully saturated rings. The Morgan fingerprint density at radius 2 is 2.45 bits per heavy atom. The maximum absolute atomic E-state index is 8.63. The number of nitrogens with zero attached hydrogens (tertiary/aromatic N) is 3. The molecule has 1 atom stereocenters. The van der Waals surface area contributed by atoms with E-state index in [1.165, 1.54) is 0 Å². The third kappa shape index (κ3) is 1.15. The standard InChI is InChI=1S/C5H11N5O/c11-8-5-7-3-9-1-6-2-10(5)4-9/h6,11H,1-4H2,(H,7,8). The van der Waals surface area contributed by atoms with Crippen LogP contribution >= 0.6 is 0 Å². The minimum absolute atomic E-state index is 0.549. The number of rotatable bonds is 0. The smallest absolute Gasteiger partial charge is 0.221 e. The van der Waals surface area contributed by atoms with Gasteiger partial charge in [0, 0.05) is 0 Å². The molecule has 2 bridgehead atoms. The van der Waals surface area contributed by atoms with Crippen molar-refractivity contribution < 1.29 is 5.21 Å². The van der Waals surface area contributed by atoms with E-state index >= 15 is 0 Å². The molecule has 2 aliphatic rings. The lowest BCUT2D eigenvalue weighted by Crippen LogP contribution is -2.60. The molecule has 6 heteroatoms. The summed E-state index contributed by atoms with van der Waals surface area (Å²) in [4.78, 5) is 8.15. The van der Waals surface area contributed by atoms with Gasteiger partial charge in [0.2, 0.25) is 5.96 Å². The molecule has 62 valence electrons. The summed E-state index contributed by atoms with van der Waals surface area (Å²) in [5.41, 5.74) is 2.07. The zero-order valence-corrected chi connectivity index (χ0v) is 6.12. The van der Waals surface area contributed by atoms with Crippen LogP contribution in [-0.2, 0) is 0 Å². The van der Waals surface area contributed by atoms with Gasteiger partial charge in [0.1, 0.15) is 0 Å². The van der Waals surface area contributed by atoms with Crippen molar-refractivity contribution in [3.05, 3.63) is 0 Å². The molecule has 1 saturated heterocycles. The first kappa shape index (κ1) is 6.84. The third-order valence-electron chi connectivity index (χ3n) is 1.83. The molecule has 6 nitrogen and oxygen atoms in total. The van der Waals surface area contributed by atoms with Crippen LogP contribution in [0.3, 0.4) is 0 Å². The van der Waals surface area contributed by atoms with E-state index in [0.717, 1.165) is 20.0 Å². The molecule has 3 N–H and O–H groups in total. The van der Waals surface area contributed by atoms with Crippen molar-refractivity contribution in [2.75, 3.05) is 26.7 Å². The normalized spacial score (nSPS) is 29.7. The zero-order chi connectivity index (χ0) is 7.68. The second kappa shape index (κ2) is 2.65. The predicted octanol–water partition coefficient (Wildman–Crippen LogP) is -1.63. The van der Waals surface area contributed by atoms with Gasteiger partial charge in [0.05, 0.1) is 26.7 Å². The van der Waals surface area contributed by atoms with Gasteiger partial charge in [0.25, 0.3) is 0 Å². The first-order valence-corrected chi connectivity index (χ1v) is 3.53. The molecule has 0 radical (unpaired) electrons. The topological polar surface area (TPSA) is 63.1 Å². The highest BCUT2D eigenvalue weighted by Gasteiger charge is 2.23. The van der Waals surface area contributed by atoms with Crippen molar-refractivity contribution in [3.63, 3.8) is 0 Å². The summed E-state index contributed by atoms with van der Waals surface area (Å²) in [6, 6.07) is 0. The highest BCUT2D eigenvalue weighted by Crippen LogP contribution is 2.04. The van der Waals surface area contributed by atoms with Crippen LogP contribution in [0.25, 0.3) is 0 Å². The van der Waals surface area contributed by atoms with E-state index in [1.54, 1.807) is 0 Å². The number of guanidine groups is 1. The zero-order valence-electron chi connectivity index (χ0n) is 6.12. The molecule has 2 rings (SSSR count). The highest BCUT2D eigenvalue weighted by molar-refractivity contribution is 5.79. The second-order valence-electron chi connectivity index (χ2n) is 2.65. The van der Waals surface area contributed by atoms with E-state index in [-0.39, 0.29) is 0 Å². The molecule has 0 saturated carbocycles. The number of fused-ring (bicyclic) bond motifs is 2. The number of hydrogen-bond donors (Lipinski definition) is 3. The number of nitrogens with one attached hydrogen (secondary N) is 2. The van der Waals surface area contributed by atoms with E-state index in [4.69, 9.17) is 5.21 Å². The average molecular weight is 157 g/mol. The molecule has 11 heavy (non-hydrogen) atoms. The lowest BCUT2D eigenvalue weighted by Gasteiger charge is -2.39. The monoisotopic (exact) mass is 157 g/mol. The fraction of sp³-hybridized carbons (Fsp3) is 0.800. The Hall–Kier alpha value is -0.850. The number of hydroxylamine groups is 1. The number of aliphatic imine (C=N–C) groups is 1. The van der Waals surface area contributed by atoms with Crippen LogP contribution in [-0.4, -0.2) is 47.6 Å². The predicted molar refractivity (Wildman–Crippen MR) is 38.6 cm³/mol. The van der Waals surface area contributed by atoms with Gasteiger partial charge in [-0.25, -0.2) is 10.5 Å². The lowest BCUT2D eigenvalue weighted by atomic mass is 10.5. The Morgan fingerprint density at radius 3 is 3.27 bits per heavy atom. The fourth-order valence-electron chi connectivity index (χ4n) is 1.29. The molecular weight excluding hydrogens is 146 g/mol. The van der Waals surface area contributed by atoms with E-state index in [2.05, 4.69) is 20.7 Å². The van der Waals surface area contributed by atoms with Crippen molar-refractivity contribution in [1.29, 1.82) is 0 Å². The van der Waals surface area contributed by atoms with E-state index < -0.39 is 0 Å². The summed E-state index contributed by atoms with van der Waals surface area (Å²) >= 11 is 0. The molecule has 0 aromatic heterocycles. The van der Waals surface area contributed by atoms with Crippen molar-refractivity contribution >= 4 is 5.96 Å². The summed E-state index contributed by atoms with van der Waals surface area (Å²) < 4.78 is 0. The van der Waals surface area contributed by atoms with Crippen molar-refractivity contribution in [2.24, 2.45) is 4.99 Å². The van der Waals surface area contributed by atoms with Gasteiger partial charge in [-0.2, -0.15) is 0 Å². The Kier molecular flexibility index (Phi) is 1.65. The lowest BCUT2D eigenvalue weighted by molar-refractivity contribution is 0.0846. The summed E-state index contributed by atoms with van der Waals surface area (Å²) in [6.07, 6.45) is 0. The van der Waals surface area contributed by atoms with Crippen molar-refractivity contribution in [2.45, 2.75) is 0 Å². The quantitative estimate of drug-likeness (QED) is 0.369. The second-order valence-corrected chi connectivity index (χ2v) is 2.65. The fourth-order valence-corrected chi connectivity index (χ4v) is 1.29. The molecule has 0 aliphatic carbocycles. The third-order valence-corrected chi connectivity index (χ3v) is 1.83. The first-order chi connectivity index (χ1) is 5.40.